The van der Waals surface area contributed by atoms with E-state index < -0.39 is 0 Å². The average Bonchev–Trinajstić information content (AvgIpc) is 2.80. The standard InChI is InChI=1S/C25H31N3O3/c1-5-6-7-8-9-10-11-17-12-19(15-26)24(28)20(16-27)23(17)18-13-21(29-2)25(31-4)22(14-18)30-3/h12-14H,5-11,28H2,1-4H3. The molecule has 0 amide bonds. The lowest BCUT2D eigenvalue weighted by Crippen LogP contribution is -2.04. The number of aryl methyl sites for hydroxylation is 1. The van der Waals surface area contributed by atoms with Crippen LogP contribution < -0.4 is 19.9 Å². The van der Waals surface area contributed by atoms with Crippen molar-refractivity contribution >= 4 is 5.69 Å². The van der Waals surface area contributed by atoms with Crippen LogP contribution in [0.2, 0.25) is 0 Å². The highest BCUT2D eigenvalue weighted by Crippen LogP contribution is 2.44. The second-order valence-corrected chi connectivity index (χ2v) is 7.40. The van der Waals surface area contributed by atoms with Crippen LogP contribution in [0.1, 0.15) is 62.1 Å². The molecule has 2 rings (SSSR count). The number of nitrogen functional groups attached to an aromatic ring is 1. The molecule has 2 aromatic carbocycles. The van der Waals surface area contributed by atoms with Crippen LogP contribution in [0.4, 0.5) is 5.69 Å². The van der Waals surface area contributed by atoms with Crippen molar-refractivity contribution in [2.45, 2.75) is 51.9 Å². The second-order valence-electron chi connectivity index (χ2n) is 7.40. The summed E-state index contributed by atoms with van der Waals surface area (Å²) < 4.78 is 16.4. The van der Waals surface area contributed by atoms with Gasteiger partial charge in [-0.1, -0.05) is 39.0 Å². The first kappa shape index (κ1) is 23.9. The Bertz CT molecular complexity index is 962. The van der Waals surface area contributed by atoms with Crippen LogP contribution in [0.3, 0.4) is 0 Å². The van der Waals surface area contributed by atoms with E-state index in [1.54, 1.807) is 27.4 Å². The zero-order valence-corrected chi connectivity index (χ0v) is 18.9. The first-order valence-corrected chi connectivity index (χ1v) is 10.6. The Morgan fingerprint density at radius 2 is 1.45 bits per heavy atom. The van der Waals surface area contributed by atoms with E-state index in [-0.39, 0.29) is 5.69 Å². The van der Waals surface area contributed by atoms with E-state index >= 15 is 0 Å². The van der Waals surface area contributed by atoms with Gasteiger partial charge in [0, 0.05) is 5.56 Å². The second kappa shape index (κ2) is 11.7. The Morgan fingerprint density at radius 1 is 0.839 bits per heavy atom. The number of benzene rings is 2. The smallest absolute Gasteiger partial charge is 0.203 e. The Labute approximate surface area is 185 Å². The Balaban J connectivity index is 2.58. The Kier molecular flexibility index (Phi) is 9.03. The summed E-state index contributed by atoms with van der Waals surface area (Å²) in [5.74, 6) is 1.47. The van der Waals surface area contributed by atoms with Crippen LogP contribution >= 0.6 is 0 Å². The summed E-state index contributed by atoms with van der Waals surface area (Å²) in [5.41, 5.74) is 9.39. The van der Waals surface area contributed by atoms with E-state index in [2.05, 4.69) is 19.1 Å². The van der Waals surface area contributed by atoms with Gasteiger partial charge in [0.2, 0.25) is 5.75 Å². The van der Waals surface area contributed by atoms with Gasteiger partial charge in [0.25, 0.3) is 0 Å². The highest BCUT2D eigenvalue weighted by atomic mass is 16.5. The van der Waals surface area contributed by atoms with E-state index in [0.29, 0.717) is 33.9 Å². The highest BCUT2D eigenvalue weighted by molar-refractivity contribution is 5.84. The van der Waals surface area contributed by atoms with Crippen LogP contribution in [0.5, 0.6) is 17.2 Å². The van der Waals surface area contributed by atoms with E-state index in [4.69, 9.17) is 19.9 Å². The summed E-state index contributed by atoms with van der Waals surface area (Å²) in [5, 5.41) is 19.4. The number of nitrogens with two attached hydrogens (primary N) is 1. The van der Waals surface area contributed by atoms with Gasteiger partial charge < -0.3 is 19.9 Å². The first-order valence-electron chi connectivity index (χ1n) is 10.6. The van der Waals surface area contributed by atoms with Crippen molar-refractivity contribution in [3.05, 3.63) is 34.9 Å². The summed E-state index contributed by atoms with van der Waals surface area (Å²) in [6, 6.07) is 9.77. The predicted octanol–water partition coefficient (Wildman–Crippen LogP) is 5.61. The van der Waals surface area contributed by atoms with E-state index in [1.807, 2.05) is 12.1 Å². The summed E-state index contributed by atoms with van der Waals surface area (Å²) in [6.45, 7) is 2.20. The number of methoxy groups -OCH3 is 3. The van der Waals surface area contributed by atoms with Crippen LogP contribution in [0.25, 0.3) is 11.1 Å². The molecule has 0 aromatic heterocycles. The van der Waals surface area contributed by atoms with Crippen LogP contribution in [-0.2, 0) is 6.42 Å². The fraction of sp³-hybridized carbons (Fsp3) is 0.440. The molecule has 0 bridgehead atoms. The normalized spacial score (nSPS) is 10.3. The van der Waals surface area contributed by atoms with Gasteiger partial charge in [-0.05, 0) is 42.2 Å². The molecule has 0 radical (unpaired) electrons. The zero-order chi connectivity index (χ0) is 22.8. The molecule has 0 fully saturated rings. The molecule has 0 heterocycles. The number of nitrogens with zero attached hydrogens (tertiary/aromatic N) is 2. The number of ether oxygens (including phenoxy) is 3. The van der Waals surface area contributed by atoms with Gasteiger partial charge >= 0.3 is 0 Å². The molecule has 0 aliphatic carbocycles. The van der Waals surface area contributed by atoms with Gasteiger partial charge in [0.15, 0.2) is 11.5 Å². The van der Waals surface area contributed by atoms with Gasteiger partial charge in [-0.3, -0.25) is 0 Å². The largest absolute Gasteiger partial charge is 0.493 e. The number of rotatable bonds is 11. The molecule has 31 heavy (non-hydrogen) atoms. The fourth-order valence-corrected chi connectivity index (χ4v) is 3.81. The summed E-state index contributed by atoms with van der Waals surface area (Å²) >= 11 is 0. The van der Waals surface area contributed by atoms with Gasteiger partial charge in [-0.25, -0.2) is 0 Å². The van der Waals surface area contributed by atoms with E-state index in [0.717, 1.165) is 30.4 Å². The zero-order valence-electron chi connectivity index (χ0n) is 18.9. The summed E-state index contributed by atoms with van der Waals surface area (Å²) in [6.07, 6.45) is 7.69. The molecule has 0 aliphatic heterocycles. The third-order valence-electron chi connectivity index (χ3n) is 5.43. The van der Waals surface area contributed by atoms with Crippen molar-refractivity contribution in [1.82, 2.24) is 0 Å². The lowest BCUT2D eigenvalue weighted by molar-refractivity contribution is 0.324. The molecule has 0 atom stereocenters. The molecular weight excluding hydrogens is 390 g/mol. The Morgan fingerprint density at radius 3 is 1.97 bits per heavy atom. The van der Waals surface area contributed by atoms with Crippen molar-refractivity contribution in [3.8, 4) is 40.5 Å². The maximum Gasteiger partial charge on any atom is 0.203 e. The van der Waals surface area contributed by atoms with Gasteiger partial charge in [-0.15, -0.1) is 0 Å². The molecule has 2 N–H and O–H groups in total. The molecule has 6 nitrogen and oxygen atoms in total. The van der Waals surface area contributed by atoms with Crippen LogP contribution in [0.15, 0.2) is 18.2 Å². The maximum atomic E-state index is 9.90. The van der Waals surface area contributed by atoms with Crippen molar-refractivity contribution in [2.24, 2.45) is 0 Å². The lowest BCUT2D eigenvalue weighted by atomic mass is 9.88. The molecule has 0 aliphatic rings. The maximum absolute atomic E-state index is 9.90. The first-order chi connectivity index (χ1) is 15.1. The fourth-order valence-electron chi connectivity index (χ4n) is 3.81. The number of unbranched alkanes of at least 4 members (excludes halogenated alkanes) is 5. The van der Waals surface area contributed by atoms with Gasteiger partial charge in [0.1, 0.15) is 12.1 Å². The molecule has 0 saturated heterocycles. The molecular formula is C25H31N3O3. The molecule has 164 valence electrons. The number of hydrogen-bond donors (Lipinski definition) is 1. The van der Waals surface area contributed by atoms with Crippen molar-refractivity contribution in [2.75, 3.05) is 27.1 Å². The van der Waals surface area contributed by atoms with Crippen molar-refractivity contribution in [3.63, 3.8) is 0 Å². The van der Waals surface area contributed by atoms with Crippen LogP contribution in [0, 0.1) is 22.7 Å². The number of hydrogen-bond acceptors (Lipinski definition) is 6. The molecule has 0 unspecified atom stereocenters. The third kappa shape index (κ3) is 5.41. The minimum absolute atomic E-state index is 0.195. The van der Waals surface area contributed by atoms with Crippen molar-refractivity contribution < 1.29 is 14.2 Å². The molecule has 0 spiro atoms. The molecule has 0 saturated carbocycles. The summed E-state index contributed by atoms with van der Waals surface area (Å²) in [7, 11) is 4.65. The van der Waals surface area contributed by atoms with Gasteiger partial charge in [-0.2, -0.15) is 10.5 Å². The lowest BCUT2D eigenvalue weighted by Gasteiger charge is -2.18. The number of anilines is 1. The summed E-state index contributed by atoms with van der Waals surface area (Å²) in [4.78, 5) is 0. The van der Waals surface area contributed by atoms with Crippen molar-refractivity contribution in [1.29, 1.82) is 10.5 Å². The quantitative estimate of drug-likeness (QED) is 0.374. The minimum atomic E-state index is 0.195. The molecule has 2 aromatic rings. The SMILES string of the molecule is CCCCCCCCc1cc(C#N)c(N)c(C#N)c1-c1cc(OC)c(OC)c(OC)c1. The predicted molar refractivity (Wildman–Crippen MR) is 122 cm³/mol. The average molecular weight is 422 g/mol. The number of nitriles is 2. The third-order valence-corrected chi connectivity index (χ3v) is 5.43. The van der Waals surface area contributed by atoms with Crippen LogP contribution in [-0.4, -0.2) is 21.3 Å². The van der Waals surface area contributed by atoms with E-state index in [1.165, 1.54) is 25.7 Å². The van der Waals surface area contributed by atoms with E-state index in [9.17, 15) is 10.5 Å². The highest BCUT2D eigenvalue weighted by Gasteiger charge is 2.21. The molecule has 6 heteroatoms. The topological polar surface area (TPSA) is 101 Å². The minimum Gasteiger partial charge on any atom is -0.493 e. The monoisotopic (exact) mass is 421 g/mol. The van der Waals surface area contributed by atoms with Gasteiger partial charge in [0.05, 0.1) is 38.1 Å². The Hall–Kier alpha value is -3.38.